The van der Waals surface area contributed by atoms with E-state index in [2.05, 4.69) is 47.2 Å². The summed E-state index contributed by atoms with van der Waals surface area (Å²) < 4.78 is 13.9. The number of rotatable bonds is 4. The largest absolute Gasteiger partial charge is 0.381 e. The molecule has 0 amide bonds. The van der Waals surface area contributed by atoms with Crippen LogP contribution >= 0.6 is 15.9 Å². The van der Waals surface area contributed by atoms with Crippen LogP contribution in [0.15, 0.2) is 46.9 Å². The number of hydrogen-bond acceptors (Lipinski definition) is 1. The molecule has 0 bridgehead atoms. The fourth-order valence-electron chi connectivity index (χ4n) is 2.05. The van der Waals surface area contributed by atoms with Crippen molar-refractivity contribution in [1.29, 1.82) is 0 Å². The molecular formula is C16H17BrFN. The lowest BCUT2D eigenvalue weighted by Gasteiger charge is -2.17. The van der Waals surface area contributed by atoms with Gasteiger partial charge in [0.05, 0.1) is 0 Å². The van der Waals surface area contributed by atoms with Crippen molar-refractivity contribution in [3.8, 4) is 0 Å². The van der Waals surface area contributed by atoms with Gasteiger partial charge in [-0.15, -0.1) is 0 Å². The Morgan fingerprint density at radius 1 is 1.16 bits per heavy atom. The summed E-state index contributed by atoms with van der Waals surface area (Å²) >= 11 is 3.59. The number of aryl methyl sites for hydroxylation is 1. The molecule has 3 heteroatoms. The van der Waals surface area contributed by atoms with Crippen LogP contribution in [0.2, 0.25) is 0 Å². The number of anilines is 1. The standard InChI is InChI=1S/C16H17BrFN/c1-11-4-3-5-15(16(11)17)19-12(2)10-13-6-8-14(18)9-7-13/h3-9,12,19H,10H2,1-2H3. The lowest BCUT2D eigenvalue weighted by atomic mass is 10.1. The second-order valence-electron chi connectivity index (χ2n) is 4.81. The molecule has 0 heterocycles. The monoisotopic (exact) mass is 321 g/mol. The quantitative estimate of drug-likeness (QED) is 0.841. The molecule has 0 aromatic heterocycles. The molecule has 100 valence electrons. The van der Waals surface area contributed by atoms with Crippen LogP contribution in [0.4, 0.5) is 10.1 Å². The molecule has 0 aliphatic rings. The minimum atomic E-state index is -0.189. The summed E-state index contributed by atoms with van der Waals surface area (Å²) in [5.74, 6) is -0.189. The maximum atomic E-state index is 12.8. The summed E-state index contributed by atoms with van der Waals surface area (Å²) in [7, 11) is 0. The molecule has 19 heavy (non-hydrogen) atoms. The number of benzene rings is 2. The Kier molecular flexibility index (Phi) is 4.59. The Balaban J connectivity index is 2.03. The summed E-state index contributed by atoms with van der Waals surface area (Å²) in [5.41, 5.74) is 3.43. The molecule has 0 fully saturated rings. The minimum absolute atomic E-state index is 0.189. The van der Waals surface area contributed by atoms with E-state index in [1.54, 1.807) is 0 Å². The predicted octanol–water partition coefficient (Wildman–Crippen LogP) is 4.94. The molecule has 2 aromatic rings. The molecule has 1 atom stereocenters. The minimum Gasteiger partial charge on any atom is -0.381 e. The van der Waals surface area contributed by atoms with E-state index in [0.29, 0.717) is 0 Å². The van der Waals surface area contributed by atoms with Crippen LogP contribution in [0.25, 0.3) is 0 Å². The van der Waals surface area contributed by atoms with Crippen molar-refractivity contribution in [2.45, 2.75) is 26.3 Å². The Hall–Kier alpha value is -1.35. The zero-order valence-electron chi connectivity index (χ0n) is 11.1. The lowest BCUT2D eigenvalue weighted by Crippen LogP contribution is -2.18. The van der Waals surface area contributed by atoms with Crippen molar-refractivity contribution in [2.24, 2.45) is 0 Å². The zero-order valence-corrected chi connectivity index (χ0v) is 12.7. The highest BCUT2D eigenvalue weighted by Gasteiger charge is 2.07. The first-order chi connectivity index (χ1) is 9.06. The second kappa shape index (κ2) is 6.20. The normalized spacial score (nSPS) is 12.2. The van der Waals surface area contributed by atoms with Gasteiger partial charge in [-0.3, -0.25) is 0 Å². The SMILES string of the molecule is Cc1cccc(NC(C)Cc2ccc(F)cc2)c1Br. The Bertz CT molecular complexity index is 551. The van der Waals surface area contributed by atoms with E-state index in [1.807, 2.05) is 18.2 Å². The van der Waals surface area contributed by atoms with Gasteiger partial charge in [-0.25, -0.2) is 4.39 Å². The molecule has 0 aliphatic carbocycles. The van der Waals surface area contributed by atoms with Gasteiger partial charge in [0.15, 0.2) is 0 Å². The van der Waals surface area contributed by atoms with Gasteiger partial charge in [-0.2, -0.15) is 0 Å². The van der Waals surface area contributed by atoms with Gasteiger partial charge < -0.3 is 5.32 Å². The van der Waals surface area contributed by atoms with Crippen LogP contribution in [0.3, 0.4) is 0 Å². The predicted molar refractivity (Wildman–Crippen MR) is 82.1 cm³/mol. The summed E-state index contributed by atoms with van der Waals surface area (Å²) in [6.07, 6.45) is 0.862. The first kappa shape index (κ1) is 14.1. The first-order valence-corrected chi connectivity index (χ1v) is 7.11. The third kappa shape index (κ3) is 3.80. The third-order valence-corrected chi connectivity index (χ3v) is 4.10. The summed E-state index contributed by atoms with van der Waals surface area (Å²) in [4.78, 5) is 0. The van der Waals surface area contributed by atoms with Crippen LogP contribution in [0, 0.1) is 12.7 Å². The van der Waals surface area contributed by atoms with E-state index in [9.17, 15) is 4.39 Å². The van der Waals surface area contributed by atoms with Crippen molar-refractivity contribution in [3.05, 3.63) is 63.9 Å². The average Bonchev–Trinajstić information content (AvgIpc) is 2.38. The van der Waals surface area contributed by atoms with Gasteiger partial charge in [0.2, 0.25) is 0 Å². The molecule has 1 N–H and O–H groups in total. The van der Waals surface area contributed by atoms with Crippen molar-refractivity contribution in [2.75, 3.05) is 5.32 Å². The number of halogens is 2. The van der Waals surface area contributed by atoms with Crippen LogP contribution in [-0.4, -0.2) is 6.04 Å². The van der Waals surface area contributed by atoms with Crippen molar-refractivity contribution < 1.29 is 4.39 Å². The third-order valence-electron chi connectivity index (χ3n) is 3.05. The molecule has 0 saturated carbocycles. The van der Waals surface area contributed by atoms with Crippen molar-refractivity contribution in [1.82, 2.24) is 0 Å². The number of nitrogens with one attached hydrogen (secondary N) is 1. The van der Waals surface area contributed by atoms with Gasteiger partial charge in [0, 0.05) is 16.2 Å². The number of hydrogen-bond donors (Lipinski definition) is 1. The lowest BCUT2D eigenvalue weighted by molar-refractivity contribution is 0.626. The molecule has 0 aliphatic heterocycles. The summed E-state index contributed by atoms with van der Waals surface area (Å²) in [6, 6.07) is 13.1. The summed E-state index contributed by atoms with van der Waals surface area (Å²) in [6.45, 7) is 4.19. The van der Waals surface area contributed by atoms with Gasteiger partial charge in [0.25, 0.3) is 0 Å². The molecule has 0 saturated heterocycles. The highest BCUT2D eigenvalue weighted by molar-refractivity contribution is 9.10. The zero-order chi connectivity index (χ0) is 13.8. The van der Waals surface area contributed by atoms with Crippen molar-refractivity contribution in [3.63, 3.8) is 0 Å². The smallest absolute Gasteiger partial charge is 0.123 e. The van der Waals surface area contributed by atoms with E-state index < -0.39 is 0 Å². The topological polar surface area (TPSA) is 12.0 Å². The maximum Gasteiger partial charge on any atom is 0.123 e. The summed E-state index contributed by atoms with van der Waals surface area (Å²) in [5, 5.41) is 3.47. The second-order valence-corrected chi connectivity index (χ2v) is 5.61. The maximum absolute atomic E-state index is 12.8. The Morgan fingerprint density at radius 2 is 1.84 bits per heavy atom. The highest BCUT2D eigenvalue weighted by Crippen LogP contribution is 2.26. The molecule has 0 radical (unpaired) electrons. The fraction of sp³-hybridized carbons (Fsp3) is 0.250. The van der Waals surface area contributed by atoms with Crippen LogP contribution in [0.5, 0.6) is 0 Å². The molecule has 1 unspecified atom stereocenters. The van der Waals surface area contributed by atoms with E-state index in [0.717, 1.165) is 22.1 Å². The van der Waals surface area contributed by atoms with Crippen LogP contribution < -0.4 is 5.32 Å². The average molecular weight is 322 g/mol. The van der Waals surface area contributed by atoms with Gasteiger partial charge in [-0.1, -0.05) is 24.3 Å². The molecule has 2 aromatic carbocycles. The van der Waals surface area contributed by atoms with Crippen LogP contribution in [-0.2, 0) is 6.42 Å². The van der Waals surface area contributed by atoms with E-state index >= 15 is 0 Å². The molecule has 1 nitrogen and oxygen atoms in total. The van der Waals surface area contributed by atoms with E-state index in [4.69, 9.17) is 0 Å². The van der Waals surface area contributed by atoms with Gasteiger partial charge >= 0.3 is 0 Å². The molecule has 2 rings (SSSR count). The Morgan fingerprint density at radius 3 is 2.53 bits per heavy atom. The van der Waals surface area contributed by atoms with E-state index in [1.165, 1.54) is 17.7 Å². The molecular weight excluding hydrogens is 305 g/mol. The highest BCUT2D eigenvalue weighted by atomic mass is 79.9. The molecule has 0 spiro atoms. The van der Waals surface area contributed by atoms with Crippen LogP contribution in [0.1, 0.15) is 18.1 Å². The van der Waals surface area contributed by atoms with Gasteiger partial charge in [-0.05, 0) is 65.5 Å². The van der Waals surface area contributed by atoms with Gasteiger partial charge in [0.1, 0.15) is 5.82 Å². The van der Waals surface area contributed by atoms with Crippen molar-refractivity contribution >= 4 is 21.6 Å². The fourth-order valence-corrected chi connectivity index (χ4v) is 2.43. The van der Waals surface area contributed by atoms with E-state index in [-0.39, 0.29) is 11.9 Å². The Labute approximate surface area is 122 Å². The first-order valence-electron chi connectivity index (χ1n) is 6.32.